The lowest BCUT2D eigenvalue weighted by Gasteiger charge is -2.34. The smallest absolute Gasteiger partial charge is 0.214 e. The summed E-state index contributed by atoms with van der Waals surface area (Å²) in [6, 6.07) is 9.30. The zero-order chi connectivity index (χ0) is 26.1. The fraction of sp³-hybridized carbons (Fsp3) is 0.464. The van der Waals surface area contributed by atoms with Gasteiger partial charge in [0.15, 0.2) is 5.65 Å². The lowest BCUT2D eigenvalue weighted by molar-refractivity contribution is 0.179. The summed E-state index contributed by atoms with van der Waals surface area (Å²) in [5.41, 5.74) is 1.86. The number of hydrogen-bond acceptors (Lipinski definition) is 6. The van der Waals surface area contributed by atoms with Crippen LogP contribution in [0, 0.1) is 11.8 Å². The minimum Gasteiger partial charge on any atom is -0.493 e. The lowest BCUT2D eigenvalue weighted by atomic mass is 9.80. The number of nitrogens with one attached hydrogen (secondary N) is 1. The number of aromatic nitrogens is 4. The highest BCUT2D eigenvalue weighted by molar-refractivity contribution is 7.89. The van der Waals surface area contributed by atoms with Gasteiger partial charge >= 0.3 is 0 Å². The van der Waals surface area contributed by atoms with E-state index in [2.05, 4.69) is 20.2 Å². The molecule has 10 heteroatoms. The Kier molecular flexibility index (Phi) is 7.24. The van der Waals surface area contributed by atoms with Crippen molar-refractivity contribution in [1.82, 2.24) is 24.5 Å². The van der Waals surface area contributed by atoms with Crippen molar-refractivity contribution in [2.24, 2.45) is 11.8 Å². The Morgan fingerprint density at radius 3 is 2.63 bits per heavy atom. The maximum absolute atomic E-state index is 13.4. The summed E-state index contributed by atoms with van der Waals surface area (Å²) in [6.45, 7) is 1.64. The van der Waals surface area contributed by atoms with Crippen LogP contribution >= 0.6 is 11.6 Å². The monoisotopic (exact) mass is 553 g/mol. The average Bonchev–Trinajstić information content (AvgIpc) is 3.42. The molecule has 1 saturated heterocycles. The molecule has 200 valence electrons. The number of ether oxygens (including phenoxy) is 1. The summed E-state index contributed by atoms with van der Waals surface area (Å²) < 4.78 is 34.4. The standard InChI is InChI=1S/C28H32ClN5O3S/c29-23-7-9-24(10-8-23)37-17-20-2-1-13-34(16-20)38(35,36)18-19-3-5-21(6-4-19)27-26-22(15-32-33-27)14-31-28-25(26)11-12-30-28/h7-12,14-15,19-21,33H,1-6,13,16-18H2. The predicted molar refractivity (Wildman–Crippen MR) is 149 cm³/mol. The van der Waals surface area contributed by atoms with Gasteiger partial charge in [-0.3, -0.25) is 5.10 Å². The molecular weight excluding hydrogens is 522 g/mol. The number of sulfonamides is 1. The zero-order valence-corrected chi connectivity index (χ0v) is 22.8. The highest BCUT2D eigenvalue weighted by Crippen LogP contribution is 2.39. The summed E-state index contributed by atoms with van der Waals surface area (Å²) in [7, 11) is -3.32. The first-order chi connectivity index (χ1) is 18.5. The number of H-pyrrole nitrogens is 1. The van der Waals surface area contributed by atoms with Crippen molar-refractivity contribution >= 4 is 43.4 Å². The van der Waals surface area contributed by atoms with Crippen molar-refractivity contribution in [2.45, 2.75) is 44.4 Å². The Hall–Kier alpha value is -2.75. The summed E-state index contributed by atoms with van der Waals surface area (Å²) in [5, 5.41) is 11.5. The SMILES string of the molecule is O=S(=O)(CC1CCC(c2[nH]ncc3cnc4nccc4c23)CC1)N1CCCC(COc2ccc(Cl)cc2)C1. The number of fused-ring (bicyclic) bond motifs is 3. The van der Waals surface area contributed by atoms with Crippen LogP contribution in [0.3, 0.4) is 0 Å². The van der Waals surface area contributed by atoms with Crippen molar-refractivity contribution in [3.63, 3.8) is 0 Å². The molecule has 2 fully saturated rings. The first-order valence-electron chi connectivity index (χ1n) is 13.4. The fourth-order valence-electron chi connectivity index (χ4n) is 6.08. The summed E-state index contributed by atoms with van der Waals surface area (Å²) in [5.74, 6) is 1.66. The minimum absolute atomic E-state index is 0.173. The molecule has 2 aliphatic rings. The summed E-state index contributed by atoms with van der Waals surface area (Å²) in [6.07, 6.45) is 10.9. The topological polar surface area (TPSA) is 101 Å². The van der Waals surface area contributed by atoms with Crippen LogP contribution in [-0.2, 0) is 10.0 Å². The van der Waals surface area contributed by atoms with Gasteiger partial charge in [0.25, 0.3) is 0 Å². The highest BCUT2D eigenvalue weighted by atomic mass is 35.5. The van der Waals surface area contributed by atoms with Crippen LogP contribution in [0.4, 0.5) is 0 Å². The molecule has 4 aromatic rings. The molecule has 1 unspecified atom stereocenters. The van der Waals surface area contributed by atoms with Crippen LogP contribution in [-0.4, -0.2) is 58.3 Å². The van der Waals surface area contributed by atoms with E-state index in [1.165, 1.54) is 0 Å². The van der Waals surface area contributed by atoms with E-state index in [9.17, 15) is 8.42 Å². The lowest BCUT2D eigenvalue weighted by Crippen LogP contribution is -2.43. The number of rotatable bonds is 7. The predicted octanol–water partition coefficient (Wildman–Crippen LogP) is 5.55. The number of pyridine rings is 1. The van der Waals surface area contributed by atoms with Gasteiger partial charge in [0.1, 0.15) is 5.75 Å². The van der Waals surface area contributed by atoms with Gasteiger partial charge in [-0.2, -0.15) is 5.10 Å². The zero-order valence-electron chi connectivity index (χ0n) is 21.2. The second kappa shape index (κ2) is 10.8. The molecule has 1 N–H and O–H groups in total. The molecule has 0 amide bonds. The van der Waals surface area contributed by atoms with Gasteiger partial charge in [-0.1, -0.05) is 11.6 Å². The molecule has 4 heterocycles. The van der Waals surface area contributed by atoms with Crippen LogP contribution in [0.2, 0.25) is 5.02 Å². The van der Waals surface area contributed by atoms with Crippen LogP contribution in [0.25, 0.3) is 21.8 Å². The Morgan fingerprint density at radius 1 is 1.00 bits per heavy atom. The fourth-order valence-corrected chi connectivity index (χ4v) is 8.19. The third kappa shape index (κ3) is 5.37. The third-order valence-electron chi connectivity index (χ3n) is 8.10. The molecule has 1 atom stereocenters. The number of piperidine rings is 1. The molecule has 6 rings (SSSR count). The second-order valence-electron chi connectivity index (χ2n) is 10.7. The first kappa shape index (κ1) is 25.5. The molecule has 1 aromatic carbocycles. The summed E-state index contributed by atoms with van der Waals surface area (Å²) in [4.78, 5) is 8.80. The molecule has 0 radical (unpaired) electrons. The van der Waals surface area contributed by atoms with Gasteiger partial charge in [-0.15, -0.1) is 0 Å². The van der Waals surface area contributed by atoms with E-state index in [4.69, 9.17) is 16.3 Å². The number of halogens is 1. The van der Waals surface area contributed by atoms with Gasteiger partial charge in [0, 0.05) is 64.2 Å². The molecule has 8 nitrogen and oxygen atoms in total. The molecule has 3 aromatic heterocycles. The van der Waals surface area contributed by atoms with E-state index in [1.807, 2.05) is 30.6 Å². The normalized spacial score (nSPS) is 23.1. The van der Waals surface area contributed by atoms with Crippen molar-refractivity contribution in [1.29, 1.82) is 0 Å². The van der Waals surface area contributed by atoms with Crippen LogP contribution in [0.15, 0.2) is 48.9 Å². The molecule has 1 saturated carbocycles. The largest absolute Gasteiger partial charge is 0.493 e. The Morgan fingerprint density at radius 2 is 1.82 bits per heavy atom. The first-order valence-corrected chi connectivity index (χ1v) is 15.4. The van der Waals surface area contributed by atoms with Crippen LogP contribution < -0.4 is 4.74 Å². The molecular formula is C28H32ClN5O3S. The highest BCUT2D eigenvalue weighted by Gasteiger charge is 2.33. The Labute approximate surface area is 227 Å². The van der Waals surface area contributed by atoms with E-state index in [1.54, 1.807) is 22.6 Å². The Bertz CT molecular complexity index is 1520. The molecule has 0 spiro atoms. The minimum atomic E-state index is -3.32. The van der Waals surface area contributed by atoms with Gasteiger partial charge in [0.2, 0.25) is 10.0 Å². The number of hydrogen-bond donors (Lipinski definition) is 1. The Balaban J connectivity index is 1.07. The maximum atomic E-state index is 13.4. The van der Waals surface area contributed by atoms with Gasteiger partial charge in [-0.25, -0.2) is 22.7 Å². The molecule has 1 aliphatic heterocycles. The quantitative estimate of drug-likeness (QED) is 0.322. The summed E-state index contributed by atoms with van der Waals surface area (Å²) >= 11 is 5.95. The van der Waals surface area contributed by atoms with Crippen LogP contribution in [0.1, 0.15) is 50.1 Å². The van der Waals surface area contributed by atoms with Gasteiger partial charge in [-0.05, 0) is 74.8 Å². The van der Waals surface area contributed by atoms with Gasteiger partial charge < -0.3 is 4.74 Å². The van der Waals surface area contributed by atoms with Crippen LogP contribution in [0.5, 0.6) is 5.75 Å². The third-order valence-corrected chi connectivity index (χ3v) is 10.4. The van der Waals surface area contributed by atoms with Crippen molar-refractivity contribution < 1.29 is 13.2 Å². The van der Waals surface area contributed by atoms with E-state index in [-0.39, 0.29) is 17.6 Å². The van der Waals surface area contributed by atoms with E-state index in [0.717, 1.165) is 71.8 Å². The number of aromatic amines is 1. The van der Waals surface area contributed by atoms with Crippen molar-refractivity contribution in [2.75, 3.05) is 25.4 Å². The van der Waals surface area contributed by atoms with Gasteiger partial charge in [0.05, 0.1) is 18.6 Å². The van der Waals surface area contributed by atoms with E-state index < -0.39 is 10.0 Å². The number of nitrogens with zero attached hydrogens (tertiary/aromatic N) is 4. The average molecular weight is 554 g/mol. The maximum Gasteiger partial charge on any atom is 0.214 e. The second-order valence-corrected chi connectivity index (χ2v) is 13.1. The molecule has 38 heavy (non-hydrogen) atoms. The van der Waals surface area contributed by atoms with E-state index >= 15 is 0 Å². The molecule has 1 aliphatic carbocycles. The number of benzene rings is 1. The van der Waals surface area contributed by atoms with Crippen molar-refractivity contribution in [3.8, 4) is 5.75 Å². The molecule has 0 bridgehead atoms. The van der Waals surface area contributed by atoms with E-state index in [0.29, 0.717) is 30.6 Å². The van der Waals surface area contributed by atoms with Crippen molar-refractivity contribution in [3.05, 3.63) is 59.6 Å².